The molecule has 1 atom stereocenters. The van der Waals surface area contributed by atoms with Crippen LogP contribution in [0.1, 0.15) is 32.6 Å². The van der Waals surface area contributed by atoms with E-state index in [-0.39, 0.29) is 10.6 Å². The number of amides is 1. The molecule has 168 valence electrons. The summed E-state index contributed by atoms with van der Waals surface area (Å²) in [6.07, 6.45) is 2.34. The van der Waals surface area contributed by atoms with E-state index in [1.807, 2.05) is 6.92 Å². The zero-order valence-electron chi connectivity index (χ0n) is 17.6. The van der Waals surface area contributed by atoms with Crippen LogP contribution in [0.3, 0.4) is 0 Å². The van der Waals surface area contributed by atoms with E-state index >= 15 is 0 Å². The number of hydrogen-bond acceptors (Lipinski definition) is 5. The number of sulfonamides is 1. The van der Waals surface area contributed by atoms with Crippen molar-refractivity contribution in [1.82, 2.24) is 4.31 Å². The first-order valence-corrected chi connectivity index (χ1v) is 12.1. The molecule has 0 unspecified atom stereocenters. The lowest BCUT2D eigenvalue weighted by Gasteiger charge is -2.26. The molecule has 0 saturated carbocycles. The van der Waals surface area contributed by atoms with Crippen molar-refractivity contribution in [2.24, 2.45) is 0 Å². The number of carbonyl (C=O) groups excluding carboxylic acids is 1. The summed E-state index contributed by atoms with van der Waals surface area (Å²) in [7, 11) is -2.18. The van der Waals surface area contributed by atoms with Crippen LogP contribution in [0.25, 0.3) is 0 Å². The number of methoxy groups -OCH3 is 1. The highest BCUT2D eigenvalue weighted by atomic mass is 35.5. The number of nitrogens with one attached hydrogen (secondary N) is 1. The molecule has 0 bridgehead atoms. The molecule has 0 aliphatic carbocycles. The summed E-state index contributed by atoms with van der Waals surface area (Å²) in [6, 6.07) is 11.3. The first-order valence-electron chi connectivity index (χ1n) is 10.3. The molecule has 1 aliphatic rings. The molecule has 1 amide bonds. The Hall–Kier alpha value is -2.29. The van der Waals surface area contributed by atoms with Crippen LogP contribution < -0.4 is 14.8 Å². The smallest absolute Gasteiger partial charge is 0.265 e. The van der Waals surface area contributed by atoms with Gasteiger partial charge in [0.05, 0.1) is 17.7 Å². The van der Waals surface area contributed by atoms with Crippen LogP contribution in [0.5, 0.6) is 11.5 Å². The Morgan fingerprint density at radius 2 is 1.90 bits per heavy atom. The van der Waals surface area contributed by atoms with E-state index in [9.17, 15) is 13.2 Å². The second-order valence-electron chi connectivity index (χ2n) is 7.29. The molecule has 1 fully saturated rings. The molecule has 2 aromatic carbocycles. The van der Waals surface area contributed by atoms with Crippen molar-refractivity contribution >= 4 is 33.2 Å². The van der Waals surface area contributed by atoms with Gasteiger partial charge >= 0.3 is 0 Å². The minimum Gasteiger partial charge on any atom is -0.495 e. The Bertz CT molecular complexity index is 1020. The number of piperidine rings is 1. The van der Waals surface area contributed by atoms with Crippen LogP contribution in [-0.2, 0) is 14.8 Å². The van der Waals surface area contributed by atoms with Crippen molar-refractivity contribution in [3.63, 3.8) is 0 Å². The number of ether oxygens (including phenoxy) is 2. The summed E-state index contributed by atoms with van der Waals surface area (Å²) >= 11 is 5.99. The third-order valence-electron chi connectivity index (χ3n) is 5.12. The number of anilines is 1. The molecule has 0 spiro atoms. The van der Waals surface area contributed by atoms with E-state index in [0.29, 0.717) is 36.0 Å². The molecular weight excluding hydrogens is 440 g/mol. The van der Waals surface area contributed by atoms with Crippen LogP contribution in [0.2, 0.25) is 5.02 Å². The third kappa shape index (κ3) is 5.70. The number of carbonyl (C=O) groups is 1. The standard InChI is InChI=1S/C22H27ClN2O5S/c1-3-20(30-17-9-7-8-16(23)14-17)22(26)24-19-15-18(10-11-21(19)29-2)31(27,28)25-12-5-4-6-13-25/h7-11,14-15,20H,3-6,12-13H2,1-2H3,(H,24,26)/t20-/m1/s1. The van der Waals surface area contributed by atoms with Crippen LogP contribution >= 0.6 is 11.6 Å². The van der Waals surface area contributed by atoms with Gasteiger partial charge in [-0.2, -0.15) is 4.31 Å². The molecular formula is C22H27ClN2O5S. The van der Waals surface area contributed by atoms with Crippen molar-refractivity contribution in [2.45, 2.75) is 43.6 Å². The largest absolute Gasteiger partial charge is 0.495 e. The highest BCUT2D eigenvalue weighted by molar-refractivity contribution is 7.89. The molecule has 3 rings (SSSR count). The fourth-order valence-corrected chi connectivity index (χ4v) is 5.16. The molecule has 9 heteroatoms. The highest BCUT2D eigenvalue weighted by Gasteiger charge is 2.27. The number of hydrogen-bond donors (Lipinski definition) is 1. The molecule has 1 aliphatic heterocycles. The molecule has 0 radical (unpaired) electrons. The van der Waals surface area contributed by atoms with Crippen LogP contribution in [0.4, 0.5) is 5.69 Å². The van der Waals surface area contributed by atoms with Crippen LogP contribution in [-0.4, -0.2) is 44.9 Å². The third-order valence-corrected chi connectivity index (χ3v) is 7.25. The number of benzene rings is 2. The first-order chi connectivity index (χ1) is 14.8. The van der Waals surface area contributed by atoms with E-state index < -0.39 is 22.0 Å². The number of halogens is 1. The average Bonchev–Trinajstić information content (AvgIpc) is 2.78. The second kappa shape index (κ2) is 10.3. The van der Waals surface area contributed by atoms with Gasteiger partial charge in [0.15, 0.2) is 6.10 Å². The minimum atomic E-state index is -3.64. The maximum Gasteiger partial charge on any atom is 0.265 e. The van der Waals surface area contributed by atoms with Crippen molar-refractivity contribution < 1.29 is 22.7 Å². The van der Waals surface area contributed by atoms with Crippen molar-refractivity contribution in [3.8, 4) is 11.5 Å². The Labute approximate surface area is 188 Å². The second-order valence-corrected chi connectivity index (χ2v) is 9.66. The Kier molecular flexibility index (Phi) is 7.80. The quantitative estimate of drug-likeness (QED) is 0.626. The molecule has 31 heavy (non-hydrogen) atoms. The van der Waals surface area contributed by atoms with Crippen molar-refractivity contribution in [1.29, 1.82) is 0 Å². The normalized spacial score (nSPS) is 15.8. The van der Waals surface area contributed by atoms with E-state index in [2.05, 4.69) is 5.32 Å². The summed E-state index contributed by atoms with van der Waals surface area (Å²) in [5.41, 5.74) is 0.277. The lowest BCUT2D eigenvalue weighted by molar-refractivity contribution is -0.122. The van der Waals surface area contributed by atoms with Gasteiger partial charge in [0, 0.05) is 18.1 Å². The van der Waals surface area contributed by atoms with Gasteiger partial charge < -0.3 is 14.8 Å². The SMILES string of the molecule is CC[C@@H](Oc1cccc(Cl)c1)C(=O)Nc1cc(S(=O)(=O)N2CCCCC2)ccc1OC. The van der Waals surface area contributed by atoms with Gasteiger partial charge in [-0.25, -0.2) is 8.42 Å². The van der Waals surface area contributed by atoms with Gasteiger partial charge in [0.2, 0.25) is 10.0 Å². The van der Waals surface area contributed by atoms with Gasteiger partial charge in [-0.15, -0.1) is 0 Å². The summed E-state index contributed by atoms with van der Waals surface area (Å²) in [4.78, 5) is 13.0. The Balaban J connectivity index is 1.82. The summed E-state index contributed by atoms with van der Waals surface area (Å²) in [5.74, 6) is 0.430. The van der Waals surface area contributed by atoms with Crippen LogP contribution in [0.15, 0.2) is 47.4 Å². The van der Waals surface area contributed by atoms with Gasteiger partial charge in [-0.1, -0.05) is 31.0 Å². The molecule has 0 aromatic heterocycles. The van der Waals surface area contributed by atoms with Gasteiger partial charge in [-0.3, -0.25) is 4.79 Å². The zero-order chi connectivity index (χ0) is 22.4. The number of rotatable bonds is 8. The van der Waals surface area contributed by atoms with Gasteiger partial charge in [0.25, 0.3) is 5.91 Å². The van der Waals surface area contributed by atoms with Crippen molar-refractivity contribution in [3.05, 3.63) is 47.5 Å². The maximum atomic E-state index is 13.0. The molecule has 2 aromatic rings. The minimum absolute atomic E-state index is 0.120. The average molecular weight is 467 g/mol. The van der Waals surface area contributed by atoms with Crippen LogP contribution in [0, 0.1) is 0 Å². The zero-order valence-corrected chi connectivity index (χ0v) is 19.2. The predicted molar refractivity (Wildman–Crippen MR) is 120 cm³/mol. The first kappa shape index (κ1) is 23.4. The van der Waals surface area contributed by atoms with Crippen molar-refractivity contribution in [2.75, 3.05) is 25.5 Å². The topological polar surface area (TPSA) is 84.9 Å². The summed E-state index contributed by atoms with van der Waals surface area (Å²) < 4.78 is 38.6. The Morgan fingerprint density at radius 3 is 2.55 bits per heavy atom. The lowest BCUT2D eigenvalue weighted by atomic mass is 10.2. The summed E-state index contributed by atoms with van der Waals surface area (Å²) in [6.45, 7) is 2.83. The monoisotopic (exact) mass is 466 g/mol. The number of nitrogens with zero attached hydrogens (tertiary/aromatic N) is 1. The highest BCUT2D eigenvalue weighted by Crippen LogP contribution is 2.30. The van der Waals surface area contributed by atoms with E-state index in [0.717, 1.165) is 19.3 Å². The molecule has 1 N–H and O–H groups in total. The molecule has 1 heterocycles. The fourth-order valence-electron chi connectivity index (χ4n) is 3.44. The van der Waals surface area contributed by atoms with Gasteiger partial charge in [-0.05, 0) is 55.7 Å². The molecule has 1 saturated heterocycles. The summed E-state index contributed by atoms with van der Waals surface area (Å²) in [5, 5.41) is 3.26. The van der Waals surface area contributed by atoms with Gasteiger partial charge in [0.1, 0.15) is 11.5 Å². The molecule has 7 nitrogen and oxygen atoms in total. The van der Waals surface area contributed by atoms with E-state index in [4.69, 9.17) is 21.1 Å². The maximum absolute atomic E-state index is 13.0. The van der Waals surface area contributed by atoms with E-state index in [1.165, 1.54) is 23.5 Å². The Morgan fingerprint density at radius 1 is 1.16 bits per heavy atom. The van der Waals surface area contributed by atoms with E-state index in [1.54, 1.807) is 30.3 Å². The lowest BCUT2D eigenvalue weighted by Crippen LogP contribution is -2.35. The fraction of sp³-hybridized carbons (Fsp3) is 0.409. The predicted octanol–water partition coefficient (Wildman–Crippen LogP) is 4.32.